The van der Waals surface area contributed by atoms with Crippen LogP contribution in [0.4, 0.5) is 0 Å². The first kappa shape index (κ1) is 16.0. The minimum absolute atomic E-state index is 0.569. The van der Waals surface area contributed by atoms with Crippen molar-refractivity contribution in [3.8, 4) is 5.75 Å². The third-order valence-electron chi connectivity index (χ3n) is 2.52. The molecular weight excluding hydrogens is 242 g/mol. The van der Waals surface area contributed by atoms with Crippen LogP contribution in [0, 0.1) is 0 Å². The van der Waals surface area contributed by atoms with E-state index in [2.05, 4.69) is 24.4 Å². The molecule has 0 saturated carbocycles. The smallest absolute Gasteiger partial charge is 0.119 e. The summed E-state index contributed by atoms with van der Waals surface area (Å²) in [6.07, 6.45) is 1.05. The third-order valence-corrected chi connectivity index (χ3v) is 2.52. The van der Waals surface area contributed by atoms with Gasteiger partial charge in [-0.25, -0.2) is 0 Å². The molecule has 1 aromatic carbocycles. The largest absolute Gasteiger partial charge is 0.491 e. The topological polar surface area (TPSA) is 39.7 Å². The molecule has 0 aliphatic rings. The van der Waals surface area contributed by atoms with Gasteiger partial charge < -0.3 is 19.5 Å². The maximum absolute atomic E-state index is 5.58. The summed E-state index contributed by atoms with van der Waals surface area (Å²) in [6.45, 7) is 6.22. The van der Waals surface area contributed by atoms with Crippen LogP contribution in [0.25, 0.3) is 0 Å². The summed E-state index contributed by atoms with van der Waals surface area (Å²) in [5.41, 5.74) is 1.25. The van der Waals surface area contributed by atoms with E-state index in [1.54, 1.807) is 0 Å². The molecule has 0 aromatic heterocycles. The van der Waals surface area contributed by atoms with Crippen molar-refractivity contribution in [2.75, 3.05) is 40.1 Å². The van der Waals surface area contributed by atoms with Crippen molar-refractivity contribution in [1.82, 2.24) is 5.32 Å². The molecule has 1 rings (SSSR count). The highest BCUT2D eigenvalue weighted by molar-refractivity contribution is 5.27. The van der Waals surface area contributed by atoms with Crippen molar-refractivity contribution < 1.29 is 14.2 Å². The fraction of sp³-hybridized carbons (Fsp3) is 0.600. The highest BCUT2D eigenvalue weighted by Gasteiger charge is 1.95. The highest BCUT2D eigenvalue weighted by Crippen LogP contribution is 2.11. The zero-order valence-corrected chi connectivity index (χ0v) is 12.0. The van der Waals surface area contributed by atoms with Crippen LogP contribution in [-0.4, -0.2) is 40.1 Å². The van der Waals surface area contributed by atoms with Crippen LogP contribution in [0.2, 0.25) is 0 Å². The van der Waals surface area contributed by atoms with E-state index in [1.807, 2.05) is 19.2 Å². The molecule has 0 saturated heterocycles. The molecule has 19 heavy (non-hydrogen) atoms. The van der Waals surface area contributed by atoms with Crippen molar-refractivity contribution in [2.24, 2.45) is 0 Å². The van der Waals surface area contributed by atoms with E-state index in [4.69, 9.17) is 14.2 Å². The summed E-state index contributed by atoms with van der Waals surface area (Å²) in [5, 5.41) is 3.11. The second-order valence-electron chi connectivity index (χ2n) is 4.25. The molecule has 1 aromatic rings. The van der Waals surface area contributed by atoms with Crippen LogP contribution in [0.3, 0.4) is 0 Å². The van der Waals surface area contributed by atoms with E-state index in [-0.39, 0.29) is 0 Å². The molecular formula is C15H25NO3. The summed E-state index contributed by atoms with van der Waals surface area (Å²) < 4.78 is 16.3. The maximum Gasteiger partial charge on any atom is 0.119 e. The number of benzene rings is 1. The molecule has 0 radical (unpaired) electrons. The van der Waals surface area contributed by atoms with Gasteiger partial charge in [0, 0.05) is 13.2 Å². The summed E-state index contributed by atoms with van der Waals surface area (Å²) >= 11 is 0. The van der Waals surface area contributed by atoms with Crippen molar-refractivity contribution in [3.63, 3.8) is 0 Å². The van der Waals surface area contributed by atoms with Crippen LogP contribution in [0.5, 0.6) is 5.75 Å². The van der Waals surface area contributed by atoms with E-state index in [9.17, 15) is 0 Å². The predicted molar refractivity (Wildman–Crippen MR) is 76.6 cm³/mol. The summed E-state index contributed by atoms with van der Waals surface area (Å²) in [5.74, 6) is 0.880. The SMILES string of the molecule is CCCOCCOCCOc1ccc(CNC)cc1. The van der Waals surface area contributed by atoms with Gasteiger partial charge in [-0.05, 0) is 31.2 Å². The van der Waals surface area contributed by atoms with E-state index < -0.39 is 0 Å². The van der Waals surface area contributed by atoms with Gasteiger partial charge >= 0.3 is 0 Å². The Bertz CT molecular complexity index is 314. The Morgan fingerprint density at radius 1 is 0.895 bits per heavy atom. The van der Waals surface area contributed by atoms with Crippen molar-refractivity contribution >= 4 is 0 Å². The molecule has 0 amide bonds. The number of hydrogen-bond donors (Lipinski definition) is 1. The van der Waals surface area contributed by atoms with E-state index in [0.29, 0.717) is 26.4 Å². The average Bonchev–Trinajstić information content (AvgIpc) is 2.44. The molecule has 0 spiro atoms. The van der Waals surface area contributed by atoms with Gasteiger partial charge in [-0.2, -0.15) is 0 Å². The second kappa shape index (κ2) is 10.8. The maximum atomic E-state index is 5.58. The fourth-order valence-electron chi connectivity index (χ4n) is 1.59. The molecule has 108 valence electrons. The van der Waals surface area contributed by atoms with Gasteiger partial charge in [-0.15, -0.1) is 0 Å². The Balaban J connectivity index is 2.02. The molecule has 1 N–H and O–H groups in total. The molecule has 0 bridgehead atoms. The Morgan fingerprint density at radius 2 is 1.53 bits per heavy atom. The minimum Gasteiger partial charge on any atom is -0.491 e. The molecule has 0 aliphatic heterocycles. The summed E-state index contributed by atoms with van der Waals surface area (Å²) in [4.78, 5) is 0. The van der Waals surface area contributed by atoms with Crippen molar-refractivity contribution in [3.05, 3.63) is 29.8 Å². The van der Waals surface area contributed by atoms with E-state index in [1.165, 1.54) is 5.56 Å². The average molecular weight is 267 g/mol. The lowest BCUT2D eigenvalue weighted by molar-refractivity contribution is 0.0366. The van der Waals surface area contributed by atoms with Gasteiger partial charge in [0.25, 0.3) is 0 Å². The summed E-state index contributed by atoms with van der Waals surface area (Å²) in [7, 11) is 1.94. The standard InChI is InChI=1S/C15H25NO3/c1-3-8-17-9-10-18-11-12-19-15-6-4-14(5-7-15)13-16-2/h4-7,16H,3,8-13H2,1-2H3. The zero-order valence-electron chi connectivity index (χ0n) is 12.0. The van der Waals surface area contributed by atoms with Gasteiger partial charge in [0.2, 0.25) is 0 Å². The monoisotopic (exact) mass is 267 g/mol. The highest BCUT2D eigenvalue weighted by atomic mass is 16.5. The van der Waals surface area contributed by atoms with Crippen LogP contribution in [-0.2, 0) is 16.0 Å². The van der Waals surface area contributed by atoms with E-state index in [0.717, 1.165) is 25.3 Å². The first-order valence-electron chi connectivity index (χ1n) is 6.88. The van der Waals surface area contributed by atoms with Crippen molar-refractivity contribution in [2.45, 2.75) is 19.9 Å². The van der Waals surface area contributed by atoms with Gasteiger partial charge in [-0.1, -0.05) is 19.1 Å². The Hall–Kier alpha value is -1.10. The zero-order chi connectivity index (χ0) is 13.8. The van der Waals surface area contributed by atoms with Gasteiger partial charge in [0.1, 0.15) is 12.4 Å². The fourth-order valence-corrected chi connectivity index (χ4v) is 1.59. The number of ether oxygens (including phenoxy) is 3. The molecule has 0 unspecified atom stereocenters. The third kappa shape index (κ3) is 7.82. The first-order valence-corrected chi connectivity index (χ1v) is 6.88. The number of hydrogen-bond acceptors (Lipinski definition) is 4. The lowest BCUT2D eigenvalue weighted by Gasteiger charge is -2.08. The number of rotatable bonds is 11. The Kier molecular flexibility index (Phi) is 9.06. The van der Waals surface area contributed by atoms with Crippen LogP contribution in [0.15, 0.2) is 24.3 Å². The lowest BCUT2D eigenvalue weighted by Crippen LogP contribution is -2.11. The predicted octanol–water partition coefficient (Wildman–Crippen LogP) is 2.23. The second-order valence-corrected chi connectivity index (χ2v) is 4.25. The first-order chi connectivity index (χ1) is 9.36. The molecule has 0 fully saturated rings. The molecule has 4 nitrogen and oxygen atoms in total. The van der Waals surface area contributed by atoms with Gasteiger partial charge in [0.05, 0.1) is 19.8 Å². The number of nitrogens with one attached hydrogen (secondary N) is 1. The van der Waals surface area contributed by atoms with Crippen molar-refractivity contribution in [1.29, 1.82) is 0 Å². The molecule has 0 aliphatic carbocycles. The molecule has 4 heteroatoms. The molecule has 0 heterocycles. The Labute approximate surface area is 116 Å². The van der Waals surface area contributed by atoms with Crippen LogP contribution >= 0.6 is 0 Å². The van der Waals surface area contributed by atoms with E-state index >= 15 is 0 Å². The summed E-state index contributed by atoms with van der Waals surface area (Å²) in [6, 6.07) is 8.09. The van der Waals surface area contributed by atoms with Crippen LogP contribution in [0.1, 0.15) is 18.9 Å². The van der Waals surface area contributed by atoms with Gasteiger partial charge in [0.15, 0.2) is 0 Å². The van der Waals surface area contributed by atoms with Crippen LogP contribution < -0.4 is 10.1 Å². The quantitative estimate of drug-likeness (QED) is 0.624. The molecule has 0 atom stereocenters. The Morgan fingerprint density at radius 3 is 2.16 bits per heavy atom. The van der Waals surface area contributed by atoms with Gasteiger partial charge in [-0.3, -0.25) is 0 Å². The lowest BCUT2D eigenvalue weighted by atomic mass is 10.2. The minimum atomic E-state index is 0.569. The normalized spacial score (nSPS) is 10.6.